The quantitative estimate of drug-likeness (QED) is 0.618. The SMILES string of the molecule is Cc1ccc2nc(NC(=O)C3CCCN(C(=O)c4ccccc4OC(F)F)C3)sc2c1. The molecule has 6 nitrogen and oxygen atoms in total. The summed E-state index contributed by atoms with van der Waals surface area (Å²) in [5, 5.41) is 3.38. The van der Waals surface area contributed by atoms with Crippen molar-refractivity contribution in [3.05, 3.63) is 53.6 Å². The maximum absolute atomic E-state index is 12.9. The Hall–Kier alpha value is -3.07. The Balaban J connectivity index is 1.45. The third kappa shape index (κ3) is 4.82. The van der Waals surface area contributed by atoms with Crippen molar-refractivity contribution < 1.29 is 23.1 Å². The molecular formula is C22H21F2N3O3S. The van der Waals surface area contributed by atoms with E-state index in [4.69, 9.17) is 0 Å². The number of hydrogen-bond donors (Lipinski definition) is 1. The zero-order valence-corrected chi connectivity index (χ0v) is 17.6. The number of thiazole rings is 1. The smallest absolute Gasteiger partial charge is 0.387 e. The molecule has 2 aromatic carbocycles. The summed E-state index contributed by atoms with van der Waals surface area (Å²) in [5.74, 6) is -1.21. The van der Waals surface area contributed by atoms with Crippen LogP contribution in [0.1, 0.15) is 28.8 Å². The molecule has 1 atom stereocenters. The molecule has 1 unspecified atom stereocenters. The maximum Gasteiger partial charge on any atom is 0.387 e. The third-order valence-electron chi connectivity index (χ3n) is 5.19. The van der Waals surface area contributed by atoms with E-state index in [9.17, 15) is 18.4 Å². The molecule has 4 rings (SSSR count). The molecule has 0 radical (unpaired) electrons. The Bertz CT molecular complexity index is 1120. The molecule has 1 aromatic heterocycles. The van der Waals surface area contributed by atoms with Crippen LogP contribution in [0.3, 0.4) is 0 Å². The van der Waals surface area contributed by atoms with Crippen LogP contribution in [0.4, 0.5) is 13.9 Å². The predicted molar refractivity (Wildman–Crippen MR) is 115 cm³/mol. The summed E-state index contributed by atoms with van der Waals surface area (Å²) in [6, 6.07) is 11.8. The third-order valence-corrected chi connectivity index (χ3v) is 6.12. The molecule has 2 heterocycles. The molecule has 1 N–H and O–H groups in total. The number of nitrogens with one attached hydrogen (secondary N) is 1. The minimum Gasteiger partial charge on any atom is -0.434 e. The van der Waals surface area contributed by atoms with Gasteiger partial charge in [-0.1, -0.05) is 29.5 Å². The monoisotopic (exact) mass is 445 g/mol. The summed E-state index contributed by atoms with van der Waals surface area (Å²) < 4.78 is 30.8. The van der Waals surface area contributed by atoms with Crippen molar-refractivity contribution in [2.24, 2.45) is 5.92 Å². The number of hydrogen-bond acceptors (Lipinski definition) is 5. The number of ether oxygens (including phenoxy) is 1. The van der Waals surface area contributed by atoms with Crippen LogP contribution >= 0.6 is 11.3 Å². The average molecular weight is 445 g/mol. The van der Waals surface area contributed by atoms with Crippen molar-refractivity contribution in [3.8, 4) is 5.75 Å². The van der Waals surface area contributed by atoms with Gasteiger partial charge in [0.1, 0.15) is 5.75 Å². The molecule has 1 saturated heterocycles. The molecule has 1 aliphatic heterocycles. The predicted octanol–water partition coefficient (Wildman–Crippen LogP) is 4.70. The topological polar surface area (TPSA) is 71.5 Å². The fourth-order valence-electron chi connectivity index (χ4n) is 3.68. The molecule has 0 bridgehead atoms. The van der Waals surface area contributed by atoms with E-state index in [1.165, 1.54) is 34.4 Å². The van der Waals surface area contributed by atoms with Gasteiger partial charge in [-0.2, -0.15) is 8.78 Å². The highest BCUT2D eigenvalue weighted by Gasteiger charge is 2.30. The summed E-state index contributed by atoms with van der Waals surface area (Å²) in [6.45, 7) is -0.370. The number of aryl methyl sites for hydroxylation is 1. The molecule has 0 spiro atoms. The van der Waals surface area contributed by atoms with E-state index in [1.54, 1.807) is 6.07 Å². The van der Waals surface area contributed by atoms with Gasteiger partial charge in [-0.25, -0.2) is 4.98 Å². The van der Waals surface area contributed by atoms with Gasteiger partial charge < -0.3 is 15.0 Å². The van der Waals surface area contributed by atoms with E-state index in [2.05, 4.69) is 15.0 Å². The lowest BCUT2D eigenvalue weighted by molar-refractivity contribution is -0.121. The lowest BCUT2D eigenvalue weighted by atomic mass is 9.96. The molecular weight excluding hydrogens is 424 g/mol. The Morgan fingerprint density at radius 1 is 1.26 bits per heavy atom. The van der Waals surface area contributed by atoms with Crippen molar-refractivity contribution in [2.45, 2.75) is 26.4 Å². The number of nitrogens with zero attached hydrogens (tertiary/aromatic N) is 2. The molecule has 3 aromatic rings. The first-order chi connectivity index (χ1) is 14.9. The van der Waals surface area contributed by atoms with Crippen LogP contribution in [0.2, 0.25) is 0 Å². The summed E-state index contributed by atoms with van der Waals surface area (Å²) in [7, 11) is 0. The number of benzene rings is 2. The van der Waals surface area contributed by atoms with Crippen molar-refractivity contribution in [2.75, 3.05) is 18.4 Å². The summed E-state index contributed by atoms with van der Waals surface area (Å²) >= 11 is 1.40. The lowest BCUT2D eigenvalue weighted by Crippen LogP contribution is -2.43. The highest BCUT2D eigenvalue weighted by molar-refractivity contribution is 7.22. The molecule has 31 heavy (non-hydrogen) atoms. The number of rotatable bonds is 5. The van der Waals surface area contributed by atoms with Crippen molar-refractivity contribution in [1.82, 2.24) is 9.88 Å². The number of carbonyl (C=O) groups is 2. The van der Waals surface area contributed by atoms with Gasteiger partial charge in [-0.05, 0) is 49.6 Å². The van der Waals surface area contributed by atoms with Crippen molar-refractivity contribution in [1.29, 1.82) is 0 Å². The van der Waals surface area contributed by atoms with Crippen LogP contribution < -0.4 is 10.1 Å². The number of amides is 2. The minimum atomic E-state index is -3.02. The van der Waals surface area contributed by atoms with E-state index in [0.717, 1.165) is 15.8 Å². The number of carbonyl (C=O) groups excluding carboxylic acids is 2. The normalized spacial score (nSPS) is 16.5. The van der Waals surface area contributed by atoms with Gasteiger partial charge in [-0.3, -0.25) is 9.59 Å². The van der Waals surface area contributed by atoms with Gasteiger partial charge in [0, 0.05) is 13.1 Å². The molecule has 0 saturated carbocycles. The van der Waals surface area contributed by atoms with Gasteiger partial charge in [0.2, 0.25) is 5.91 Å². The zero-order chi connectivity index (χ0) is 22.0. The minimum absolute atomic E-state index is 0.0606. The van der Waals surface area contributed by atoms with Gasteiger partial charge >= 0.3 is 6.61 Å². The number of para-hydroxylation sites is 1. The second-order valence-corrected chi connectivity index (χ2v) is 8.48. The van der Waals surface area contributed by atoms with Gasteiger partial charge in [0.15, 0.2) is 5.13 Å². The number of alkyl halides is 2. The number of halogens is 2. The molecule has 9 heteroatoms. The maximum atomic E-state index is 12.9. The Morgan fingerprint density at radius 3 is 2.87 bits per heavy atom. The van der Waals surface area contributed by atoms with E-state index >= 15 is 0 Å². The van der Waals surface area contributed by atoms with Crippen LogP contribution in [0, 0.1) is 12.8 Å². The number of piperidine rings is 1. The van der Waals surface area contributed by atoms with E-state index in [-0.39, 0.29) is 23.8 Å². The second-order valence-electron chi connectivity index (χ2n) is 7.44. The van der Waals surface area contributed by atoms with Crippen molar-refractivity contribution >= 4 is 38.5 Å². The molecule has 1 fully saturated rings. The zero-order valence-electron chi connectivity index (χ0n) is 16.8. The van der Waals surface area contributed by atoms with E-state index in [1.807, 2.05) is 25.1 Å². The first kappa shape index (κ1) is 21.2. The number of likely N-dealkylation sites (tertiary alicyclic amines) is 1. The number of fused-ring (bicyclic) bond motifs is 1. The summed E-state index contributed by atoms with van der Waals surface area (Å²) in [6.07, 6.45) is 1.27. The van der Waals surface area contributed by atoms with Gasteiger partial charge in [0.25, 0.3) is 5.91 Å². The van der Waals surface area contributed by atoms with Crippen LogP contribution in [-0.4, -0.2) is 41.4 Å². The van der Waals surface area contributed by atoms with Gasteiger partial charge in [0.05, 0.1) is 21.7 Å². The van der Waals surface area contributed by atoms with Crippen LogP contribution in [-0.2, 0) is 4.79 Å². The van der Waals surface area contributed by atoms with E-state index < -0.39 is 18.4 Å². The lowest BCUT2D eigenvalue weighted by Gasteiger charge is -2.32. The van der Waals surface area contributed by atoms with Crippen LogP contribution in [0.15, 0.2) is 42.5 Å². The van der Waals surface area contributed by atoms with Crippen molar-refractivity contribution in [3.63, 3.8) is 0 Å². The number of anilines is 1. The summed E-state index contributed by atoms with van der Waals surface area (Å²) in [5.41, 5.74) is 2.00. The Kier molecular flexibility index (Phi) is 6.13. The van der Waals surface area contributed by atoms with Crippen LogP contribution in [0.25, 0.3) is 10.2 Å². The molecule has 2 amide bonds. The largest absolute Gasteiger partial charge is 0.434 e. The second kappa shape index (κ2) is 8.97. The standard InChI is InChI=1S/C22H21F2N3O3S/c1-13-8-9-16-18(11-13)31-22(25-16)26-19(28)14-5-4-10-27(12-14)20(29)15-6-2-3-7-17(15)30-21(23)24/h2-3,6-9,11,14,21H,4-5,10,12H2,1H3,(H,25,26,28). The highest BCUT2D eigenvalue weighted by Crippen LogP contribution is 2.29. The van der Waals surface area contributed by atoms with Gasteiger partial charge in [-0.15, -0.1) is 0 Å². The molecule has 1 aliphatic rings. The summed E-state index contributed by atoms with van der Waals surface area (Å²) in [4.78, 5) is 31.7. The Labute approximate surface area is 181 Å². The highest BCUT2D eigenvalue weighted by atomic mass is 32.1. The first-order valence-corrected chi connectivity index (χ1v) is 10.7. The first-order valence-electron chi connectivity index (χ1n) is 9.92. The van der Waals surface area contributed by atoms with Crippen LogP contribution in [0.5, 0.6) is 5.75 Å². The molecule has 162 valence electrons. The fourth-order valence-corrected chi connectivity index (χ4v) is 4.65. The Morgan fingerprint density at radius 2 is 2.06 bits per heavy atom. The molecule has 0 aliphatic carbocycles. The fraction of sp³-hybridized carbons (Fsp3) is 0.318. The average Bonchev–Trinajstić information content (AvgIpc) is 3.14. The van der Waals surface area contributed by atoms with E-state index in [0.29, 0.717) is 24.5 Å². The number of aromatic nitrogens is 1.